The van der Waals surface area contributed by atoms with Crippen molar-refractivity contribution in [1.29, 1.82) is 0 Å². The van der Waals surface area contributed by atoms with Crippen molar-refractivity contribution in [2.24, 2.45) is 21.1 Å². The smallest absolute Gasteiger partial charge is 0.368 e. The van der Waals surface area contributed by atoms with Crippen LogP contribution in [-0.2, 0) is 40.8 Å². The van der Waals surface area contributed by atoms with E-state index < -0.39 is 40.3 Å². The van der Waals surface area contributed by atoms with Crippen molar-refractivity contribution in [3.05, 3.63) is 172 Å². The first-order chi connectivity index (χ1) is 35.7. The van der Waals surface area contributed by atoms with Gasteiger partial charge >= 0.3 is 23.0 Å². The number of nitrogens with one attached hydrogen (secondary N) is 1. The zero-order valence-electron chi connectivity index (χ0n) is 39.5. The molecule has 6 heterocycles. The molecule has 9 rings (SSSR count). The molecule has 6 aromatic heterocycles. The van der Waals surface area contributed by atoms with Gasteiger partial charge < -0.3 is 9.84 Å². The largest absolute Gasteiger partial charge is 0.404 e. The van der Waals surface area contributed by atoms with Gasteiger partial charge in [0.2, 0.25) is 11.7 Å². The molecule has 1 N–H and O–H groups in total. The summed E-state index contributed by atoms with van der Waals surface area (Å²) in [6.07, 6.45) is 4.18. The monoisotopic (exact) mass is 1150 g/mol. The minimum atomic E-state index is -0.713. The number of nitrogens with zero attached hydrogens (tertiary/aromatic N) is 17. The molecule has 0 fully saturated rings. The molecule has 0 aliphatic rings. The number of ketones is 1. The molecule has 75 heavy (non-hydrogen) atoms. The van der Waals surface area contributed by atoms with Gasteiger partial charge in [-0.2, -0.15) is 33.2 Å². The highest BCUT2D eigenvalue weighted by Gasteiger charge is 2.26. The van der Waals surface area contributed by atoms with E-state index in [9.17, 15) is 38.4 Å². The molecule has 0 saturated heterocycles. The van der Waals surface area contributed by atoms with Gasteiger partial charge in [-0.05, 0) is 88.4 Å². The molecular weight excluding hydrogens is 1110 g/mol. The van der Waals surface area contributed by atoms with Crippen LogP contribution in [0.15, 0.2) is 91.1 Å². The molecule has 0 spiro atoms. The maximum atomic E-state index is 12.8. The minimum absolute atomic E-state index is 0.0259. The van der Waals surface area contributed by atoms with Crippen LogP contribution >= 0.6 is 69.6 Å². The quantitative estimate of drug-likeness (QED) is 0.143. The Bertz CT molecular complexity index is 4000. The van der Waals surface area contributed by atoms with Gasteiger partial charge in [0.05, 0.1) is 47.5 Å². The molecule has 0 saturated carbocycles. The number of carbonyl (C=O) groups excluding carboxylic acids is 3. The average molecular weight is 1150 g/mol. The van der Waals surface area contributed by atoms with E-state index in [0.717, 1.165) is 32.8 Å². The predicted octanol–water partition coefficient (Wildman–Crippen LogP) is 3.67. The van der Waals surface area contributed by atoms with Crippen LogP contribution in [0.25, 0.3) is 17.1 Å². The van der Waals surface area contributed by atoms with Crippen molar-refractivity contribution in [1.82, 2.24) is 88.3 Å². The van der Waals surface area contributed by atoms with Gasteiger partial charge in [0.15, 0.2) is 0 Å². The molecule has 33 heteroatoms. The first-order valence-electron chi connectivity index (χ1n) is 21.5. The number of hydrogen-bond acceptors (Lipinski definition) is 16. The summed E-state index contributed by atoms with van der Waals surface area (Å²) in [6.45, 7) is 6.58. The Morgan fingerprint density at radius 2 is 1.03 bits per heavy atom. The summed E-state index contributed by atoms with van der Waals surface area (Å²) in [4.78, 5) is 98.1. The number of benzene rings is 3. The van der Waals surface area contributed by atoms with E-state index in [2.05, 4.69) is 41.5 Å². The van der Waals surface area contributed by atoms with Crippen LogP contribution in [0.3, 0.4) is 0 Å². The summed E-state index contributed by atoms with van der Waals surface area (Å²) in [6, 6.07) is 11.3. The van der Waals surface area contributed by atoms with Gasteiger partial charge in [-0.15, -0.1) is 0 Å². The first-order valence-corrected chi connectivity index (χ1v) is 23.8. The van der Waals surface area contributed by atoms with Crippen molar-refractivity contribution in [2.75, 3.05) is 0 Å². The van der Waals surface area contributed by atoms with E-state index >= 15 is 0 Å². The van der Waals surface area contributed by atoms with E-state index in [1.165, 1.54) is 96.2 Å². The van der Waals surface area contributed by atoms with Crippen LogP contribution < -0.4 is 32.9 Å². The Kier molecular flexibility index (Phi) is 16.6. The third-order valence-corrected chi connectivity index (χ3v) is 12.7. The molecule has 390 valence electrons. The van der Waals surface area contributed by atoms with Crippen molar-refractivity contribution in [2.45, 2.75) is 40.4 Å². The van der Waals surface area contributed by atoms with Crippen molar-refractivity contribution < 1.29 is 19.1 Å². The molecule has 0 unspecified atom stereocenters. The molecule has 0 atom stereocenters. The second-order valence-electron chi connectivity index (χ2n) is 15.1. The molecule has 0 bridgehead atoms. The topological polar surface area (TPSA) is 301 Å². The summed E-state index contributed by atoms with van der Waals surface area (Å²) < 4.78 is 16.2. The zero-order chi connectivity index (χ0) is 54.7. The highest BCUT2D eigenvalue weighted by atomic mass is 35.5. The molecule has 9 aromatic rings. The summed E-state index contributed by atoms with van der Waals surface area (Å²) in [7, 11) is 4.26. The minimum Gasteiger partial charge on any atom is -0.404 e. The SMILES string of the molecule is CCn1[nH]cc(C(=O)c2ccc(Cl)c(-n3nnn(C)c3=O)c2Cl)c1=O.CCn1c(=O)ccn1C(=O)c1ccc(Cl)c(-n2nnn(C)c2=O)c1Cl.CCn1nccc1OC(=O)c1ccc(Cl)c(-n2nnn(C)c2=O)c1Cl. The number of aromatic nitrogens is 18. The van der Waals surface area contributed by atoms with Crippen LogP contribution in [0.5, 0.6) is 5.88 Å². The Morgan fingerprint density at radius 3 is 1.47 bits per heavy atom. The summed E-state index contributed by atoms with van der Waals surface area (Å²) in [5.41, 5.74) is -2.30. The highest BCUT2D eigenvalue weighted by molar-refractivity contribution is 6.41. The fraction of sp³-hybridized carbons (Fsp3) is 0.214. The lowest BCUT2D eigenvalue weighted by atomic mass is 10.1. The van der Waals surface area contributed by atoms with Gasteiger partial charge in [-0.1, -0.05) is 69.6 Å². The molecule has 3 aromatic carbocycles. The molecular formula is C42H36Cl6N18O9. The van der Waals surface area contributed by atoms with E-state index in [1.54, 1.807) is 19.9 Å². The Labute approximate surface area is 448 Å². The number of hydrogen-bond donors (Lipinski definition) is 1. The fourth-order valence-electron chi connectivity index (χ4n) is 6.83. The van der Waals surface area contributed by atoms with E-state index in [1.807, 2.05) is 6.92 Å². The Hall–Kier alpha value is -7.95. The van der Waals surface area contributed by atoms with Crippen molar-refractivity contribution in [3.63, 3.8) is 0 Å². The van der Waals surface area contributed by atoms with E-state index in [-0.39, 0.29) is 80.9 Å². The normalized spacial score (nSPS) is 11.0. The lowest BCUT2D eigenvalue weighted by molar-refractivity contribution is 0.0718. The van der Waals surface area contributed by atoms with Gasteiger partial charge in [0.25, 0.3) is 17.0 Å². The number of carbonyl (C=O) groups is 3. The lowest BCUT2D eigenvalue weighted by Gasteiger charge is -2.12. The van der Waals surface area contributed by atoms with Crippen LogP contribution in [-0.4, -0.2) is 106 Å². The Morgan fingerprint density at radius 1 is 0.560 bits per heavy atom. The van der Waals surface area contributed by atoms with Crippen LogP contribution in [0, 0.1) is 0 Å². The second-order valence-corrected chi connectivity index (χ2v) is 17.5. The number of ether oxygens (including phenoxy) is 1. The molecule has 0 radical (unpaired) electrons. The molecule has 0 aliphatic carbocycles. The number of rotatable bonds is 11. The fourth-order valence-corrected chi connectivity index (χ4v) is 8.66. The predicted molar refractivity (Wildman–Crippen MR) is 271 cm³/mol. The van der Waals surface area contributed by atoms with Gasteiger partial charge in [-0.3, -0.25) is 23.9 Å². The maximum absolute atomic E-state index is 12.8. The lowest BCUT2D eigenvalue weighted by Crippen LogP contribution is -2.27. The zero-order valence-corrected chi connectivity index (χ0v) is 44.1. The highest BCUT2D eigenvalue weighted by Crippen LogP contribution is 2.34. The van der Waals surface area contributed by atoms with E-state index in [4.69, 9.17) is 74.3 Å². The third kappa shape index (κ3) is 10.6. The van der Waals surface area contributed by atoms with Gasteiger partial charge in [0, 0.05) is 70.9 Å². The summed E-state index contributed by atoms with van der Waals surface area (Å²) >= 11 is 37.3. The summed E-state index contributed by atoms with van der Waals surface area (Å²) in [5, 5.41) is 28.7. The molecule has 0 aliphatic heterocycles. The third-order valence-electron chi connectivity index (χ3n) is 10.7. The summed E-state index contributed by atoms with van der Waals surface area (Å²) in [5.74, 6) is -1.57. The second kappa shape index (κ2) is 22.7. The first kappa shape index (κ1) is 54.8. The molecule has 27 nitrogen and oxygen atoms in total. The maximum Gasteiger partial charge on any atom is 0.368 e. The number of esters is 1. The van der Waals surface area contributed by atoms with Crippen LogP contribution in [0.1, 0.15) is 57.4 Å². The average Bonchev–Trinajstić information content (AvgIpc) is 4.26. The number of aryl methyl sites for hydroxylation is 5. The van der Waals surface area contributed by atoms with Crippen LogP contribution in [0.2, 0.25) is 30.1 Å². The van der Waals surface area contributed by atoms with Gasteiger partial charge in [0.1, 0.15) is 22.6 Å². The molecule has 0 amide bonds. The van der Waals surface area contributed by atoms with E-state index in [0.29, 0.717) is 19.6 Å². The number of tetrazole rings is 3. The van der Waals surface area contributed by atoms with Crippen molar-refractivity contribution >= 4 is 87.3 Å². The number of halogens is 6. The Balaban J connectivity index is 0.000000164. The van der Waals surface area contributed by atoms with Gasteiger partial charge in [-0.25, -0.2) is 33.2 Å². The standard InChI is InChI=1S/3C14H12Cl2N6O3/c1-3-20-10(23)6-7-21(20)13(24)8-4-5-9(15)12(11(8)16)22-14(25)19(2)17-18-22;1-3-21-10(6-7-17-21)25-13(23)8-4-5-9(15)12(11(8)16)22-14(24)20(2)18-19-22;1-3-21-13(24)8(6-17-21)12(23)7-4-5-9(15)11(10(7)16)22-14(25)20(2)18-19-22/h2*4-7H,3H2,1-2H3;4-6,17H,3H2,1-2H3. The number of aromatic amines is 1. The van der Waals surface area contributed by atoms with Crippen molar-refractivity contribution in [3.8, 4) is 22.9 Å². The number of H-pyrrole nitrogens is 1. The van der Waals surface area contributed by atoms with Crippen LogP contribution in [0.4, 0.5) is 0 Å².